The van der Waals surface area contributed by atoms with Crippen molar-refractivity contribution >= 4 is 5.69 Å². The van der Waals surface area contributed by atoms with Gasteiger partial charge in [-0.25, -0.2) is 0 Å². The average Bonchev–Trinajstić information content (AvgIpc) is 2.90. The monoisotopic (exact) mass is 325 g/mol. The van der Waals surface area contributed by atoms with Crippen LogP contribution in [-0.4, -0.2) is 49.7 Å². The van der Waals surface area contributed by atoms with Crippen LogP contribution in [0.5, 0.6) is 17.2 Å². The van der Waals surface area contributed by atoms with E-state index in [2.05, 4.69) is 27.9 Å². The van der Waals surface area contributed by atoms with Crippen molar-refractivity contribution in [3.05, 3.63) is 42.7 Å². The summed E-state index contributed by atoms with van der Waals surface area (Å²) in [5.74, 6) is 3.14. The van der Waals surface area contributed by atoms with E-state index in [0.717, 1.165) is 41.9 Å². The van der Waals surface area contributed by atoms with Crippen LogP contribution in [0.1, 0.15) is 6.42 Å². The molecule has 3 heterocycles. The SMILES string of the molecule is COc1ccc(Oc2cncc(N3CC4CC3CN(C)C4)c2)cc1. The van der Waals surface area contributed by atoms with Gasteiger partial charge < -0.3 is 19.3 Å². The fourth-order valence-corrected chi connectivity index (χ4v) is 3.91. The predicted octanol–water partition coefficient (Wildman–Crippen LogP) is 3.02. The summed E-state index contributed by atoms with van der Waals surface area (Å²) in [6.45, 7) is 3.44. The third-order valence-electron chi connectivity index (χ3n) is 4.92. The van der Waals surface area contributed by atoms with Crippen molar-refractivity contribution in [3.8, 4) is 17.2 Å². The smallest absolute Gasteiger partial charge is 0.147 e. The molecule has 0 spiro atoms. The predicted molar refractivity (Wildman–Crippen MR) is 94.0 cm³/mol. The molecule has 1 aromatic heterocycles. The Labute approximate surface area is 142 Å². The highest BCUT2D eigenvalue weighted by atomic mass is 16.5. The summed E-state index contributed by atoms with van der Waals surface area (Å²) < 4.78 is 11.1. The van der Waals surface area contributed by atoms with Gasteiger partial charge in [-0.2, -0.15) is 0 Å². The Morgan fingerprint density at radius 3 is 2.58 bits per heavy atom. The maximum atomic E-state index is 5.96. The van der Waals surface area contributed by atoms with E-state index in [1.54, 1.807) is 13.3 Å². The largest absolute Gasteiger partial charge is 0.497 e. The summed E-state index contributed by atoms with van der Waals surface area (Å²) in [6.07, 6.45) is 5.00. The van der Waals surface area contributed by atoms with Crippen LogP contribution < -0.4 is 14.4 Å². The van der Waals surface area contributed by atoms with Gasteiger partial charge in [-0.1, -0.05) is 0 Å². The Hall–Kier alpha value is -2.27. The molecule has 0 radical (unpaired) electrons. The van der Waals surface area contributed by atoms with E-state index in [-0.39, 0.29) is 0 Å². The first-order valence-corrected chi connectivity index (χ1v) is 8.43. The van der Waals surface area contributed by atoms with Crippen LogP contribution in [0.2, 0.25) is 0 Å². The fraction of sp³-hybridized carbons (Fsp3) is 0.421. The van der Waals surface area contributed by atoms with Gasteiger partial charge in [0.15, 0.2) is 0 Å². The molecule has 2 aromatic rings. The number of hydrogen-bond acceptors (Lipinski definition) is 5. The van der Waals surface area contributed by atoms with Gasteiger partial charge in [0.05, 0.1) is 25.2 Å². The molecule has 4 rings (SSSR count). The minimum Gasteiger partial charge on any atom is -0.497 e. The van der Waals surface area contributed by atoms with E-state index in [1.807, 2.05) is 30.5 Å². The van der Waals surface area contributed by atoms with Crippen LogP contribution in [0.25, 0.3) is 0 Å². The van der Waals surface area contributed by atoms with E-state index in [0.29, 0.717) is 6.04 Å². The first-order chi connectivity index (χ1) is 11.7. The minimum atomic E-state index is 0.590. The van der Waals surface area contributed by atoms with Gasteiger partial charge >= 0.3 is 0 Å². The third kappa shape index (κ3) is 3.04. The molecule has 0 aliphatic carbocycles. The third-order valence-corrected chi connectivity index (χ3v) is 4.92. The number of hydrogen-bond donors (Lipinski definition) is 0. The molecule has 0 amide bonds. The number of benzene rings is 1. The molecule has 2 bridgehead atoms. The molecule has 5 heteroatoms. The van der Waals surface area contributed by atoms with Gasteiger partial charge in [0.2, 0.25) is 0 Å². The number of aromatic nitrogens is 1. The highest BCUT2D eigenvalue weighted by Crippen LogP contribution is 2.34. The number of rotatable bonds is 4. The summed E-state index contributed by atoms with van der Waals surface area (Å²) in [5, 5.41) is 0. The van der Waals surface area contributed by atoms with E-state index in [9.17, 15) is 0 Å². The van der Waals surface area contributed by atoms with Crippen LogP contribution in [0.4, 0.5) is 5.69 Å². The van der Waals surface area contributed by atoms with Crippen LogP contribution >= 0.6 is 0 Å². The fourth-order valence-electron chi connectivity index (χ4n) is 3.91. The van der Waals surface area contributed by atoms with Crippen LogP contribution in [0, 0.1) is 5.92 Å². The van der Waals surface area contributed by atoms with E-state index in [1.165, 1.54) is 13.0 Å². The summed E-state index contributed by atoms with van der Waals surface area (Å²) in [7, 11) is 3.87. The maximum Gasteiger partial charge on any atom is 0.147 e. The summed E-state index contributed by atoms with van der Waals surface area (Å²) in [5.41, 5.74) is 1.16. The van der Waals surface area contributed by atoms with Crippen LogP contribution in [-0.2, 0) is 0 Å². The first kappa shape index (κ1) is 15.3. The van der Waals surface area contributed by atoms with Gasteiger partial charge in [-0.05, 0) is 43.7 Å². The number of anilines is 1. The van der Waals surface area contributed by atoms with Crippen LogP contribution in [0.15, 0.2) is 42.7 Å². The van der Waals surface area contributed by atoms with Crippen molar-refractivity contribution in [2.24, 2.45) is 5.92 Å². The second-order valence-corrected chi connectivity index (χ2v) is 6.79. The number of likely N-dealkylation sites (N-methyl/N-ethyl adjacent to an activating group) is 1. The van der Waals surface area contributed by atoms with Gasteiger partial charge in [0, 0.05) is 31.7 Å². The molecule has 1 aromatic carbocycles. The van der Waals surface area contributed by atoms with Crippen LogP contribution in [0.3, 0.4) is 0 Å². The number of nitrogens with zero attached hydrogens (tertiary/aromatic N) is 3. The lowest BCUT2D eigenvalue weighted by molar-refractivity contribution is 0.235. The second-order valence-electron chi connectivity index (χ2n) is 6.79. The molecule has 126 valence electrons. The molecular formula is C19H23N3O2. The van der Waals surface area contributed by atoms with E-state index < -0.39 is 0 Å². The van der Waals surface area contributed by atoms with Crippen molar-refractivity contribution in [3.63, 3.8) is 0 Å². The quantitative estimate of drug-likeness (QED) is 0.864. The number of methoxy groups -OCH3 is 1. The highest BCUT2D eigenvalue weighted by Gasteiger charge is 2.37. The molecule has 2 aliphatic rings. The topological polar surface area (TPSA) is 37.8 Å². The molecular weight excluding hydrogens is 302 g/mol. The lowest BCUT2D eigenvalue weighted by atomic mass is 10.0. The Morgan fingerprint density at radius 1 is 1.00 bits per heavy atom. The average molecular weight is 325 g/mol. The normalized spacial score (nSPS) is 23.3. The molecule has 0 N–H and O–H groups in total. The molecule has 2 aliphatic heterocycles. The zero-order valence-electron chi connectivity index (χ0n) is 14.2. The Morgan fingerprint density at radius 2 is 1.79 bits per heavy atom. The van der Waals surface area contributed by atoms with E-state index in [4.69, 9.17) is 9.47 Å². The molecule has 2 fully saturated rings. The van der Waals surface area contributed by atoms with Crippen molar-refractivity contribution in [1.82, 2.24) is 9.88 Å². The van der Waals surface area contributed by atoms with Crippen molar-refractivity contribution in [2.75, 3.05) is 38.7 Å². The molecule has 0 saturated carbocycles. The second kappa shape index (κ2) is 6.32. The molecule has 2 atom stereocenters. The van der Waals surface area contributed by atoms with Gasteiger partial charge in [0.1, 0.15) is 17.2 Å². The highest BCUT2D eigenvalue weighted by molar-refractivity contribution is 5.51. The first-order valence-electron chi connectivity index (χ1n) is 8.43. The Kier molecular flexibility index (Phi) is 4.02. The summed E-state index contributed by atoms with van der Waals surface area (Å²) in [4.78, 5) is 9.31. The number of ether oxygens (including phenoxy) is 2. The Balaban J connectivity index is 1.51. The molecule has 2 unspecified atom stereocenters. The summed E-state index contributed by atoms with van der Waals surface area (Å²) in [6, 6.07) is 10.3. The number of fused-ring (bicyclic) bond motifs is 2. The van der Waals surface area contributed by atoms with Crippen molar-refractivity contribution < 1.29 is 9.47 Å². The maximum absolute atomic E-state index is 5.96. The zero-order chi connectivity index (χ0) is 16.5. The number of pyridine rings is 1. The standard InChI is InChI=1S/C19H23N3O2/c1-21-11-14-7-16(13-21)22(12-14)15-8-19(10-20-9-15)24-18-5-3-17(23-2)4-6-18/h3-6,8-10,14,16H,7,11-13H2,1-2H3. The lowest BCUT2D eigenvalue weighted by Gasteiger charge is -2.30. The number of likely N-dealkylation sites (tertiary alicyclic amines) is 1. The minimum absolute atomic E-state index is 0.590. The molecule has 24 heavy (non-hydrogen) atoms. The number of piperidine rings is 1. The zero-order valence-corrected chi connectivity index (χ0v) is 14.2. The Bertz CT molecular complexity index is 704. The van der Waals surface area contributed by atoms with E-state index >= 15 is 0 Å². The summed E-state index contributed by atoms with van der Waals surface area (Å²) >= 11 is 0. The van der Waals surface area contributed by atoms with Crippen molar-refractivity contribution in [1.29, 1.82) is 0 Å². The molecule has 5 nitrogen and oxygen atoms in total. The van der Waals surface area contributed by atoms with Gasteiger partial charge in [-0.15, -0.1) is 0 Å². The molecule has 2 saturated heterocycles. The van der Waals surface area contributed by atoms with Gasteiger partial charge in [0.25, 0.3) is 0 Å². The van der Waals surface area contributed by atoms with Crippen molar-refractivity contribution in [2.45, 2.75) is 12.5 Å². The lowest BCUT2D eigenvalue weighted by Crippen LogP contribution is -2.40. The van der Waals surface area contributed by atoms with Gasteiger partial charge in [-0.3, -0.25) is 4.98 Å².